The van der Waals surface area contributed by atoms with Crippen LogP contribution in [0.25, 0.3) is 0 Å². The molecule has 0 unspecified atom stereocenters. The first-order valence-corrected chi connectivity index (χ1v) is 7.48. The molecule has 100 valence electrons. The van der Waals surface area contributed by atoms with E-state index in [9.17, 15) is 18.0 Å². The Hall–Kier alpha value is -0.750. The zero-order valence-corrected chi connectivity index (χ0v) is 11.2. The summed E-state index contributed by atoms with van der Waals surface area (Å²) in [4.78, 5) is 21.8. The molecule has 0 atom stereocenters. The van der Waals surface area contributed by atoms with Crippen molar-refractivity contribution in [2.24, 2.45) is 0 Å². The van der Waals surface area contributed by atoms with Gasteiger partial charge in [-0.15, -0.1) is 0 Å². The maximum absolute atomic E-state index is 11.1. The third-order valence-electron chi connectivity index (χ3n) is 2.09. The molecule has 0 aliphatic carbocycles. The molecule has 5 nitrogen and oxygen atoms in total. The number of carbonyl (C=O) groups is 2. The number of hydrogen-bond donors (Lipinski definition) is 0. The van der Waals surface area contributed by atoms with E-state index in [0.29, 0.717) is 12.8 Å². The van der Waals surface area contributed by atoms with Crippen LogP contribution in [0.15, 0.2) is 0 Å². The third kappa shape index (κ3) is 13.2. The summed E-state index contributed by atoms with van der Waals surface area (Å²) < 4.78 is 25.8. The minimum atomic E-state index is -3.34. The normalized spacial score (nSPS) is 11.4. The second-order valence-corrected chi connectivity index (χ2v) is 5.75. The molecule has 0 aromatic carbocycles. The molecule has 0 bridgehead atoms. The molecule has 0 fully saturated rings. The molecular weight excluding hydrogens is 244 g/mol. The second-order valence-electron chi connectivity index (χ2n) is 4.11. The van der Waals surface area contributed by atoms with Crippen LogP contribution in [0.1, 0.15) is 45.4 Å². The van der Waals surface area contributed by atoms with Gasteiger partial charge in [0.05, 0.1) is 19.3 Å². The molecule has 0 spiro atoms. The van der Waals surface area contributed by atoms with Gasteiger partial charge in [0, 0.05) is 6.42 Å². The fraction of sp³-hybridized carbons (Fsp3) is 0.818. The SMILES string of the molecule is CC(=O)CC(=O)CCCCCCOS(C)(=O)=O. The molecule has 0 aliphatic rings. The number of unbranched alkanes of at least 4 members (excludes halogenated alkanes) is 3. The highest BCUT2D eigenvalue weighted by atomic mass is 32.2. The highest BCUT2D eigenvalue weighted by molar-refractivity contribution is 7.85. The van der Waals surface area contributed by atoms with Gasteiger partial charge in [-0.25, -0.2) is 0 Å². The minimum Gasteiger partial charge on any atom is -0.300 e. The maximum Gasteiger partial charge on any atom is 0.264 e. The van der Waals surface area contributed by atoms with E-state index in [0.717, 1.165) is 25.5 Å². The van der Waals surface area contributed by atoms with E-state index in [1.165, 1.54) is 6.92 Å². The van der Waals surface area contributed by atoms with Crippen LogP contribution < -0.4 is 0 Å². The number of ketones is 2. The summed E-state index contributed by atoms with van der Waals surface area (Å²) in [7, 11) is -3.34. The summed E-state index contributed by atoms with van der Waals surface area (Å²) in [6.07, 6.45) is 4.54. The van der Waals surface area contributed by atoms with Gasteiger partial charge >= 0.3 is 0 Å². The van der Waals surface area contributed by atoms with Gasteiger partial charge < -0.3 is 0 Å². The fourth-order valence-electron chi connectivity index (χ4n) is 1.35. The standard InChI is InChI=1S/C11H20O5S/c1-10(12)9-11(13)7-5-3-4-6-8-16-17(2,14)15/h3-9H2,1-2H3. The molecule has 0 saturated carbocycles. The Morgan fingerprint density at radius 1 is 1.06 bits per heavy atom. The Bertz CT molecular complexity index is 345. The molecule has 0 heterocycles. The van der Waals surface area contributed by atoms with Crippen LogP contribution in [-0.2, 0) is 23.9 Å². The zero-order valence-electron chi connectivity index (χ0n) is 10.4. The molecular formula is C11H20O5S. The highest BCUT2D eigenvalue weighted by Gasteiger charge is 2.05. The van der Waals surface area contributed by atoms with Gasteiger partial charge in [0.1, 0.15) is 11.6 Å². The van der Waals surface area contributed by atoms with Gasteiger partial charge in [0.25, 0.3) is 10.1 Å². The van der Waals surface area contributed by atoms with Crippen LogP contribution in [0, 0.1) is 0 Å². The topological polar surface area (TPSA) is 77.5 Å². The lowest BCUT2D eigenvalue weighted by molar-refractivity contribution is -0.125. The minimum absolute atomic E-state index is 0.0233. The van der Waals surface area contributed by atoms with Gasteiger partial charge in [0.2, 0.25) is 0 Å². The van der Waals surface area contributed by atoms with Gasteiger partial charge in [-0.05, 0) is 19.8 Å². The molecule has 0 aromatic heterocycles. The second kappa shape index (κ2) is 8.36. The molecule has 0 N–H and O–H groups in total. The van der Waals surface area contributed by atoms with Crippen molar-refractivity contribution in [2.75, 3.05) is 12.9 Å². The Morgan fingerprint density at radius 3 is 2.18 bits per heavy atom. The van der Waals surface area contributed by atoms with Crippen molar-refractivity contribution in [2.45, 2.75) is 45.4 Å². The first-order valence-electron chi connectivity index (χ1n) is 5.67. The van der Waals surface area contributed by atoms with E-state index in [2.05, 4.69) is 4.18 Å². The van der Waals surface area contributed by atoms with Gasteiger partial charge in [-0.3, -0.25) is 13.8 Å². The smallest absolute Gasteiger partial charge is 0.264 e. The van der Waals surface area contributed by atoms with E-state index in [1.807, 2.05) is 0 Å². The highest BCUT2D eigenvalue weighted by Crippen LogP contribution is 2.06. The monoisotopic (exact) mass is 264 g/mol. The van der Waals surface area contributed by atoms with E-state index in [-0.39, 0.29) is 24.6 Å². The number of Topliss-reactive ketones (excluding diaryl/α,β-unsaturated/α-hetero) is 2. The first kappa shape index (κ1) is 16.2. The Balaban J connectivity index is 3.35. The predicted octanol–water partition coefficient (Wildman–Crippen LogP) is 1.46. The largest absolute Gasteiger partial charge is 0.300 e. The van der Waals surface area contributed by atoms with Gasteiger partial charge in [-0.1, -0.05) is 12.8 Å². The maximum atomic E-state index is 11.1. The van der Waals surface area contributed by atoms with Crippen LogP contribution >= 0.6 is 0 Å². The molecule has 0 rings (SSSR count). The quantitative estimate of drug-likeness (QED) is 0.339. The lowest BCUT2D eigenvalue weighted by Crippen LogP contribution is -2.05. The van der Waals surface area contributed by atoms with Crippen molar-refractivity contribution in [3.8, 4) is 0 Å². The molecule has 0 aliphatic heterocycles. The van der Waals surface area contributed by atoms with Crippen molar-refractivity contribution in [3.05, 3.63) is 0 Å². The number of hydrogen-bond acceptors (Lipinski definition) is 5. The number of rotatable bonds is 10. The van der Waals surface area contributed by atoms with Crippen molar-refractivity contribution in [3.63, 3.8) is 0 Å². The Kier molecular flexibility index (Phi) is 7.99. The summed E-state index contributed by atoms with van der Waals surface area (Å²) in [5.74, 6) is -0.124. The zero-order chi connectivity index (χ0) is 13.3. The molecule has 6 heteroatoms. The molecule has 0 radical (unpaired) electrons. The van der Waals surface area contributed by atoms with E-state index in [1.54, 1.807) is 0 Å². The van der Waals surface area contributed by atoms with Crippen LogP contribution in [-0.4, -0.2) is 32.8 Å². The van der Waals surface area contributed by atoms with Gasteiger partial charge in [-0.2, -0.15) is 8.42 Å². The van der Waals surface area contributed by atoms with Crippen molar-refractivity contribution in [1.82, 2.24) is 0 Å². The first-order chi connectivity index (χ1) is 7.81. The Labute approximate surface area is 103 Å². The number of carbonyl (C=O) groups excluding carboxylic acids is 2. The molecule has 0 aromatic rings. The van der Waals surface area contributed by atoms with E-state index >= 15 is 0 Å². The lowest BCUT2D eigenvalue weighted by atomic mass is 10.1. The lowest BCUT2D eigenvalue weighted by Gasteiger charge is -2.01. The average Bonchev–Trinajstić information content (AvgIpc) is 2.13. The van der Waals surface area contributed by atoms with Crippen LogP contribution in [0.4, 0.5) is 0 Å². The van der Waals surface area contributed by atoms with Crippen LogP contribution in [0.2, 0.25) is 0 Å². The van der Waals surface area contributed by atoms with E-state index < -0.39 is 10.1 Å². The van der Waals surface area contributed by atoms with Gasteiger partial charge in [0.15, 0.2) is 0 Å². The van der Waals surface area contributed by atoms with Crippen molar-refractivity contribution < 1.29 is 22.2 Å². The fourth-order valence-corrected chi connectivity index (χ4v) is 1.77. The van der Waals surface area contributed by atoms with Crippen molar-refractivity contribution >= 4 is 21.7 Å². The molecule has 17 heavy (non-hydrogen) atoms. The van der Waals surface area contributed by atoms with Crippen LogP contribution in [0.3, 0.4) is 0 Å². The summed E-state index contributed by atoms with van der Waals surface area (Å²) >= 11 is 0. The summed E-state index contributed by atoms with van der Waals surface area (Å²) in [6, 6.07) is 0. The van der Waals surface area contributed by atoms with E-state index in [4.69, 9.17) is 0 Å². The Morgan fingerprint density at radius 2 is 1.65 bits per heavy atom. The van der Waals surface area contributed by atoms with Crippen LogP contribution in [0.5, 0.6) is 0 Å². The summed E-state index contributed by atoms with van der Waals surface area (Å²) in [5, 5.41) is 0. The molecule has 0 amide bonds. The third-order valence-corrected chi connectivity index (χ3v) is 2.69. The molecule has 0 saturated heterocycles. The predicted molar refractivity (Wildman–Crippen MR) is 64.2 cm³/mol. The summed E-state index contributed by atoms with van der Waals surface area (Å²) in [6.45, 7) is 1.60. The van der Waals surface area contributed by atoms with Crippen molar-refractivity contribution in [1.29, 1.82) is 0 Å². The summed E-state index contributed by atoms with van der Waals surface area (Å²) in [5.41, 5.74) is 0. The average molecular weight is 264 g/mol.